The number of thioether (sulfide) groups is 1. The van der Waals surface area contributed by atoms with Gasteiger partial charge < -0.3 is 9.88 Å². The van der Waals surface area contributed by atoms with Crippen molar-refractivity contribution in [1.82, 2.24) is 9.55 Å². The molecule has 8 nitrogen and oxygen atoms in total. The number of hydrogen-bond acceptors (Lipinski definition) is 6. The quantitative estimate of drug-likeness (QED) is 0.425. The van der Waals surface area contributed by atoms with Gasteiger partial charge in [-0.25, -0.2) is 18.5 Å². The lowest BCUT2D eigenvalue weighted by Crippen LogP contribution is -2.15. The van der Waals surface area contributed by atoms with E-state index in [-0.39, 0.29) is 16.6 Å². The van der Waals surface area contributed by atoms with Crippen LogP contribution in [0.25, 0.3) is 11.0 Å². The Labute approximate surface area is 178 Å². The van der Waals surface area contributed by atoms with Crippen LogP contribution in [0, 0.1) is 0 Å². The summed E-state index contributed by atoms with van der Waals surface area (Å²) in [4.78, 5) is 28.5. The minimum atomic E-state index is -3.82. The molecule has 1 aromatic heterocycles. The molecule has 1 unspecified atom stereocenters. The summed E-state index contributed by atoms with van der Waals surface area (Å²) < 4.78 is 25.2. The number of hydrogen-bond donors (Lipinski definition) is 2. The molecule has 0 aliphatic heterocycles. The lowest BCUT2D eigenvalue weighted by atomic mass is 10.1. The minimum Gasteiger partial charge on any atom is -0.326 e. The predicted octanol–water partition coefficient (Wildman–Crippen LogP) is 3.03. The Balaban J connectivity index is 1.85. The Kier molecular flexibility index (Phi) is 6.30. The van der Waals surface area contributed by atoms with E-state index in [1.807, 2.05) is 11.5 Å². The van der Waals surface area contributed by atoms with Crippen LogP contribution in [0.15, 0.2) is 52.5 Å². The lowest BCUT2D eigenvalue weighted by molar-refractivity contribution is -0.114. The molecule has 0 bridgehead atoms. The van der Waals surface area contributed by atoms with Gasteiger partial charge in [0.1, 0.15) is 0 Å². The van der Waals surface area contributed by atoms with E-state index in [1.54, 1.807) is 37.3 Å². The van der Waals surface area contributed by atoms with Gasteiger partial charge in [-0.2, -0.15) is 0 Å². The van der Waals surface area contributed by atoms with Crippen LogP contribution < -0.4 is 10.5 Å². The third-order valence-corrected chi connectivity index (χ3v) is 6.47. The number of benzene rings is 2. The van der Waals surface area contributed by atoms with Crippen molar-refractivity contribution in [3.63, 3.8) is 0 Å². The average Bonchev–Trinajstić information content (AvgIpc) is 3.02. The number of sulfonamides is 1. The van der Waals surface area contributed by atoms with Gasteiger partial charge in [-0.1, -0.05) is 11.8 Å². The number of primary sulfonamides is 1. The molecule has 0 aliphatic rings. The first-order valence-corrected chi connectivity index (χ1v) is 11.6. The summed E-state index contributed by atoms with van der Waals surface area (Å²) in [6, 6.07) is 11.3. The number of aromatic nitrogens is 2. The summed E-state index contributed by atoms with van der Waals surface area (Å²) in [6.45, 7) is 5.78. The summed E-state index contributed by atoms with van der Waals surface area (Å²) >= 11 is 1.30. The maximum Gasteiger partial charge on any atom is 0.238 e. The molecule has 0 spiro atoms. The number of ketones is 1. The molecule has 2 aromatic carbocycles. The average molecular weight is 447 g/mol. The second-order valence-electron chi connectivity index (χ2n) is 6.72. The molecule has 0 radical (unpaired) electrons. The second kappa shape index (κ2) is 8.58. The monoisotopic (exact) mass is 446 g/mol. The highest BCUT2D eigenvalue weighted by atomic mass is 32.2. The van der Waals surface area contributed by atoms with Gasteiger partial charge in [0.25, 0.3) is 0 Å². The summed E-state index contributed by atoms with van der Waals surface area (Å²) in [5, 5.41) is 8.08. The number of Topliss-reactive ketones (excluding diaryl/α,β-unsaturated/α-hetero) is 1. The van der Waals surface area contributed by atoms with Crippen molar-refractivity contribution in [3.05, 3.63) is 48.0 Å². The van der Waals surface area contributed by atoms with Crippen molar-refractivity contribution in [2.45, 2.75) is 42.6 Å². The van der Waals surface area contributed by atoms with E-state index in [4.69, 9.17) is 5.14 Å². The standard InChI is InChI=1S/C20H22N4O4S2/c1-4-24-18-10-9-16(30(21,27)28)11-17(18)23-20(24)29-12(2)19(26)14-5-7-15(8-6-14)22-13(3)25/h5-12H,4H2,1-3H3,(H,22,25)(H2,21,27,28). The molecule has 1 amide bonds. The maximum absolute atomic E-state index is 12.8. The van der Waals surface area contributed by atoms with E-state index in [0.29, 0.717) is 28.5 Å². The molecule has 10 heteroatoms. The van der Waals surface area contributed by atoms with Crippen LogP contribution in [-0.2, 0) is 21.4 Å². The highest BCUT2D eigenvalue weighted by molar-refractivity contribution is 8.00. The molecule has 0 fully saturated rings. The summed E-state index contributed by atoms with van der Waals surface area (Å²) in [5.41, 5.74) is 2.43. The van der Waals surface area contributed by atoms with Crippen LogP contribution in [0.3, 0.4) is 0 Å². The number of nitrogens with one attached hydrogen (secondary N) is 1. The van der Waals surface area contributed by atoms with Crippen LogP contribution in [0.1, 0.15) is 31.1 Å². The fraction of sp³-hybridized carbons (Fsp3) is 0.250. The van der Waals surface area contributed by atoms with E-state index in [0.717, 1.165) is 5.52 Å². The van der Waals surface area contributed by atoms with Crippen LogP contribution in [0.5, 0.6) is 0 Å². The lowest BCUT2D eigenvalue weighted by Gasteiger charge is -2.12. The predicted molar refractivity (Wildman–Crippen MR) is 117 cm³/mol. The molecule has 158 valence electrons. The van der Waals surface area contributed by atoms with E-state index < -0.39 is 15.3 Å². The van der Waals surface area contributed by atoms with E-state index in [1.165, 1.54) is 30.8 Å². The molecular formula is C20H22N4O4S2. The Morgan fingerprint density at radius 2 is 1.87 bits per heavy atom. The zero-order valence-corrected chi connectivity index (χ0v) is 18.4. The van der Waals surface area contributed by atoms with Crippen LogP contribution in [-0.4, -0.2) is 34.9 Å². The zero-order chi connectivity index (χ0) is 22.1. The fourth-order valence-corrected chi connectivity index (χ4v) is 4.63. The van der Waals surface area contributed by atoms with Crippen molar-refractivity contribution < 1.29 is 18.0 Å². The molecule has 0 aliphatic carbocycles. The number of amides is 1. The molecular weight excluding hydrogens is 424 g/mol. The van der Waals surface area contributed by atoms with Gasteiger partial charge in [0.15, 0.2) is 10.9 Å². The largest absolute Gasteiger partial charge is 0.326 e. The maximum atomic E-state index is 12.8. The van der Waals surface area contributed by atoms with E-state index in [2.05, 4.69) is 10.3 Å². The van der Waals surface area contributed by atoms with Crippen molar-refractivity contribution in [1.29, 1.82) is 0 Å². The third kappa shape index (κ3) is 4.72. The third-order valence-electron chi connectivity index (χ3n) is 4.47. The topological polar surface area (TPSA) is 124 Å². The molecule has 3 N–H and O–H groups in total. The second-order valence-corrected chi connectivity index (χ2v) is 9.59. The van der Waals surface area contributed by atoms with Gasteiger partial charge in [-0.3, -0.25) is 9.59 Å². The van der Waals surface area contributed by atoms with Crippen LogP contribution in [0.2, 0.25) is 0 Å². The first-order valence-electron chi connectivity index (χ1n) is 9.21. The highest BCUT2D eigenvalue weighted by Gasteiger charge is 2.21. The number of imidazole rings is 1. The number of nitrogens with zero attached hydrogens (tertiary/aromatic N) is 2. The first-order chi connectivity index (χ1) is 14.1. The highest BCUT2D eigenvalue weighted by Crippen LogP contribution is 2.30. The molecule has 30 heavy (non-hydrogen) atoms. The number of rotatable bonds is 7. The van der Waals surface area contributed by atoms with Crippen molar-refractivity contribution in [2.75, 3.05) is 5.32 Å². The summed E-state index contributed by atoms with van der Waals surface area (Å²) in [6.07, 6.45) is 0. The molecule has 3 rings (SSSR count). The number of aryl methyl sites for hydroxylation is 1. The van der Waals surface area contributed by atoms with E-state index in [9.17, 15) is 18.0 Å². The van der Waals surface area contributed by atoms with Crippen molar-refractivity contribution in [3.8, 4) is 0 Å². The van der Waals surface area contributed by atoms with Crippen molar-refractivity contribution in [2.24, 2.45) is 5.14 Å². The zero-order valence-electron chi connectivity index (χ0n) is 16.7. The number of carbonyl (C=O) groups excluding carboxylic acids is 2. The fourth-order valence-electron chi connectivity index (χ4n) is 3.03. The number of carbonyl (C=O) groups is 2. The first kappa shape index (κ1) is 22.0. The van der Waals surface area contributed by atoms with Gasteiger partial charge in [-0.15, -0.1) is 0 Å². The Hall–Kier alpha value is -2.69. The Morgan fingerprint density at radius 1 is 1.20 bits per heavy atom. The summed E-state index contributed by atoms with van der Waals surface area (Å²) in [5.74, 6) is -0.253. The molecule has 0 saturated carbocycles. The molecule has 3 aromatic rings. The molecule has 1 atom stereocenters. The van der Waals surface area contributed by atoms with Gasteiger partial charge in [0, 0.05) is 24.7 Å². The number of nitrogens with two attached hydrogens (primary N) is 1. The number of anilines is 1. The van der Waals surface area contributed by atoms with Crippen LogP contribution in [0.4, 0.5) is 5.69 Å². The normalized spacial score (nSPS) is 12.7. The SMILES string of the molecule is CCn1c(SC(C)C(=O)c2ccc(NC(C)=O)cc2)nc2cc(S(N)(=O)=O)ccc21. The Bertz CT molecular complexity index is 1220. The van der Waals surface area contributed by atoms with Gasteiger partial charge in [0.05, 0.1) is 21.2 Å². The smallest absolute Gasteiger partial charge is 0.238 e. The van der Waals surface area contributed by atoms with Crippen LogP contribution >= 0.6 is 11.8 Å². The number of fused-ring (bicyclic) bond motifs is 1. The van der Waals surface area contributed by atoms with Gasteiger partial charge in [-0.05, 0) is 56.3 Å². The molecule has 0 saturated heterocycles. The van der Waals surface area contributed by atoms with E-state index >= 15 is 0 Å². The minimum absolute atomic E-state index is 0.00399. The Morgan fingerprint density at radius 3 is 2.43 bits per heavy atom. The summed E-state index contributed by atoms with van der Waals surface area (Å²) in [7, 11) is -3.82. The molecule has 1 heterocycles. The van der Waals surface area contributed by atoms with Gasteiger partial charge in [0.2, 0.25) is 15.9 Å². The van der Waals surface area contributed by atoms with Crippen molar-refractivity contribution >= 4 is 50.2 Å². The van der Waals surface area contributed by atoms with Gasteiger partial charge >= 0.3 is 0 Å².